The van der Waals surface area contributed by atoms with Crippen LogP contribution in [-0.2, 0) is 9.59 Å². The first-order valence-electron chi connectivity index (χ1n) is 11.9. The molecule has 0 radical (unpaired) electrons. The minimum absolute atomic E-state index is 0.0841. The first-order chi connectivity index (χ1) is 17.0. The summed E-state index contributed by atoms with van der Waals surface area (Å²) in [5, 5.41) is 12.0. The second-order valence-corrected chi connectivity index (χ2v) is 9.61. The summed E-state index contributed by atoms with van der Waals surface area (Å²) >= 11 is 0. The molecule has 1 saturated carbocycles. The molecular formula is C26H26N4O5. The van der Waals surface area contributed by atoms with E-state index in [1.807, 2.05) is 41.3 Å². The number of nitrogens with zero attached hydrogens (tertiary/aromatic N) is 4. The zero-order chi connectivity index (χ0) is 24.3. The number of piperazine rings is 1. The molecule has 2 saturated heterocycles. The Morgan fingerprint density at radius 2 is 1.43 bits per heavy atom. The lowest BCUT2D eigenvalue weighted by Crippen LogP contribution is -2.46. The van der Waals surface area contributed by atoms with E-state index in [2.05, 4.69) is 4.90 Å². The van der Waals surface area contributed by atoms with Crippen molar-refractivity contribution in [3.8, 4) is 5.75 Å². The number of anilines is 3. The number of benzene rings is 2. The van der Waals surface area contributed by atoms with Crippen LogP contribution in [0.2, 0.25) is 0 Å². The van der Waals surface area contributed by atoms with E-state index in [-0.39, 0.29) is 41.2 Å². The number of ether oxygens (including phenoxy) is 1. The van der Waals surface area contributed by atoms with Crippen molar-refractivity contribution in [2.24, 2.45) is 23.7 Å². The molecule has 2 amide bonds. The lowest BCUT2D eigenvalue weighted by Gasteiger charge is -2.37. The molecule has 2 heterocycles. The Bertz CT molecular complexity index is 1200. The molecule has 2 aliphatic carbocycles. The van der Waals surface area contributed by atoms with E-state index >= 15 is 0 Å². The van der Waals surface area contributed by atoms with Gasteiger partial charge in [0.15, 0.2) is 0 Å². The van der Waals surface area contributed by atoms with Crippen LogP contribution in [0.15, 0.2) is 54.6 Å². The van der Waals surface area contributed by atoms with Crippen LogP contribution in [0.1, 0.15) is 6.42 Å². The number of nitro groups is 1. The number of allylic oxidation sites excluding steroid dienone is 2. The maximum atomic E-state index is 13.1. The normalized spacial score (nSPS) is 27.1. The van der Waals surface area contributed by atoms with Gasteiger partial charge in [0.2, 0.25) is 11.8 Å². The number of carbonyl (C=O) groups is 2. The van der Waals surface area contributed by atoms with Crippen molar-refractivity contribution in [2.45, 2.75) is 6.42 Å². The summed E-state index contributed by atoms with van der Waals surface area (Å²) in [6, 6.07) is 12.6. The van der Waals surface area contributed by atoms with Crippen molar-refractivity contribution in [3.63, 3.8) is 0 Å². The van der Waals surface area contributed by atoms with Crippen molar-refractivity contribution >= 4 is 34.6 Å². The summed E-state index contributed by atoms with van der Waals surface area (Å²) in [6.45, 7) is 2.67. The molecule has 2 aromatic carbocycles. The molecule has 180 valence electrons. The van der Waals surface area contributed by atoms with E-state index in [1.54, 1.807) is 19.2 Å². The van der Waals surface area contributed by atoms with Crippen LogP contribution >= 0.6 is 0 Å². The zero-order valence-electron chi connectivity index (χ0n) is 19.4. The number of methoxy groups -OCH3 is 1. The van der Waals surface area contributed by atoms with Crippen LogP contribution in [0.3, 0.4) is 0 Å². The van der Waals surface area contributed by atoms with E-state index in [1.165, 1.54) is 11.0 Å². The van der Waals surface area contributed by atoms with Gasteiger partial charge in [-0.1, -0.05) is 12.2 Å². The molecule has 9 nitrogen and oxygen atoms in total. The van der Waals surface area contributed by atoms with Gasteiger partial charge in [-0.3, -0.25) is 19.7 Å². The highest BCUT2D eigenvalue weighted by atomic mass is 16.6. The van der Waals surface area contributed by atoms with Crippen molar-refractivity contribution < 1.29 is 19.2 Å². The maximum Gasteiger partial charge on any atom is 0.294 e. The molecule has 2 aromatic rings. The molecule has 4 unspecified atom stereocenters. The highest BCUT2D eigenvalue weighted by Gasteiger charge is 2.59. The summed E-state index contributed by atoms with van der Waals surface area (Å²) in [5.41, 5.74) is 1.80. The fourth-order valence-corrected chi connectivity index (χ4v) is 6.22. The third-order valence-corrected chi connectivity index (χ3v) is 7.94. The van der Waals surface area contributed by atoms with Gasteiger partial charge >= 0.3 is 0 Å². The first-order valence-corrected chi connectivity index (χ1v) is 11.9. The number of carbonyl (C=O) groups excluding carboxylic acids is 2. The second kappa shape index (κ2) is 8.11. The summed E-state index contributed by atoms with van der Waals surface area (Å²) in [4.78, 5) is 43.3. The number of fused-ring (bicyclic) bond motifs is 5. The maximum absolute atomic E-state index is 13.1. The van der Waals surface area contributed by atoms with Crippen LogP contribution < -0.4 is 19.4 Å². The van der Waals surface area contributed by atoms with E-state index in [9.17, 15) is 19.7 Å². The van der Waals surface area contributed by atoms with Crippen molar-refractivity contribution in [2.75, 3.05) is 48.0 Å². The third-order valence-electron chi connectivity index (χ3n) is 7.94. The van der Waals surface area contributed by atoms with E-state index in [4.69, 9.17) is 4.74 Å². The number of hydrogen-bond donors (Lipinski definition) is 0. The number of nitro benzene ring substituents is 1. The van der Waals surface area contributed by atoms with Gasteiger partial charge in [-0.15, -0.1) is 0 Å². The van der Waals surface area contributed by atoms with E-state index in [0.29, 0.717) is 37.6 Å². The molecule has 35 heavy (non-hydrogen) atoms. The van der Waals surface area contributed by atoms with Crippen molar-refractivity contribution in [1.29, 1.82) is 0 Å². The Morgan fingerprint density at radius 1 is 0.857 bits per heavy atom. The summed E-state index contributed by atoms with van der Waals surface area (Å²) < 4.78 is 5.22. The lowest BCUT2D eigenvalue weighted by molar-refractivity contribution is -0.384. The quantitative estimate of drug-likeness (QED) is 0.284. The van der Waals surface area contributed by atoms with Gasteiger partial charge < -0.3 is 14.5 Å². The Kier molecular flexibility index (Phi) is 5.01. The molecule has 4 atom stereocenters. The first kappa shape index (κ1) is 21.6. The Labute approximate surface area is 202 Å². The number of rotatable bonds is 5. The van der Waals surface area contributed by atoms with E-state index in [0.717, 1.165) is 17.9 Å². The third kappa shape index (κ3) is 3.37. The number of amides is 2. The summed E-state index contributed by atoms with van der Waals surface area (Å²) in [6.07, 6.45) is 4.93. The van der Waals surface area contributed by atoms with Gasteiger partial charge in [0, 0.05) is 37.9 Å². The molecule has 0 spiro atoms. The molecule has 3 fully saturated rings. The van der Waals surface area contributed by atoms with Gasteiger partial charge in [0.1, 0.15) is 11.4 Å². The van der Waals surface area contributed by atoms with E-state index < -0.39 is 4.92 Å². The van der Waals surface area contributed by atoms with Crippen LogP contribution in [0.4, 0.5) is 22.7 Å². The van der Waals surface area contributed by atoms with Crippen LogP contribution in [-0.4, -0.2) is 50.0 Å². The largest absolute Gasteiger partial charge is 0.497 e. The highest BCUT2D eigenvalue weighted by Crippen LogP contribution is 2.53. The highest BCUT2D eigenvalue weighted by molar-refractivity contribution is 6.23. The number of hydrogen-bond acceptors (Lipinski definition) is 7. The molecule has 4 aliphatic rings. The molecule has 9 heteroatoms. The summed E-state index contributed by atoms with van der Waals surface area (Å²) in [7, 11) is 1.63. The molecule has 2 aliphatic heterocycles. The Hall–Kier alpha value is -3.88. The van der Waals surface area contributed by atoms with Gasteiger partial charge in [0.05, 0.1) is 29.6 Å². The predicted octanol–water partition coefficient (Wildman–Crippen LogP) is 3.24. The number of imide groups is 1. The average Bonchev–Trinajstić information content (AvgIpc) is 3.57. The van der Waals surface area contributed by atoms with Gasteiger partial charge in [-0.25, -0.2) is 4.90 Å². The minimum atomic E-state index is -0.425. The monoisotopic (exact) mass is 474 g/mol. The molecule has 0 N–H and O–H groups in total. The standard InChI is InChI=1S/C26H26N4O5/c1-35-20-7-4-18(5-8-20)27-10-12-28(13-11-27)21-9-6-19(15-22(21)30(33)34)29-25(31)23-16-2-3-17(14-16)24(23)26(29)32/h2-9,15-17,23-24H,10-14H2,1H3. The smallest absolute Gasteiger partial charge is 0.294 e. The average molecular weight is 475 g/mol. The molecule has 2 bridgehead atoms. The van der Waals surface area contributed by atoms with Gasteiger partial charge in [-0.05, 0) is 54.7 Å². The van der Waals surface area contributed by atoms with Gasteiger partial charge in [-0.2, -0.15) is 0 Å². The topological polar surface area (TPSA) is 96.2 Å². The predicted molar refractivity (Wildman–Crippen MR) is 131 cm³/mol. The van der Waals surface area contributed by atoms with Crippen LogP contribution in [0.5, 0.6) is 5.75 Å². The molecular weight excluding hydrogens is 448 g/mol. The lowest BCUT2D eigenvalue weighted by atomic mass is 9.85. The zero-order valence-corrected chi connectivity index (χ0v) is 19.4. The Morgan fingerprint density at radius 3 is 2.00 bits per heavy atom. The second-order valence-electron chi connectivity index (χ2n) is 9.61. The van der Waals surface area contributed by atoms with Gasteiger partial charge in [0.25, 0.3) is 5.69 Å². The van der Waals surface area contributed by atoms with Crippen LogP contribution in [0.25, 0.3) is 0 Å². The molecule has 0 aromatic heterocycles. The Balaban J connectivity index is 1.22. The van der Waals surface area contributed by atoms with Crippen LogP contribution in [0, 0.1) is 33.8 Å². The summed E-state index contributed by atoms with van der Waals surface area (Å²) in [5.74, 6) is -0.125. The van der Waals surface area contributed by atoms with Crippen molar-refractivity contribution in [3.05, 3.63) is 64.7 Å². The van der Waals surface area contributed by atoms with Crippen molar-refractivity contribution in [1.82, 2.24) is 0 Å². The fraction of sp³-hybridized carbons (Fsp3) is 0.385. The SMILES string of the molecule is COc1ccc(N2CCN(c3ccc(N4C(=O)C5C6C=CC(C6)C5C4=O)cc3[N+](=O)[O-])CC2)cc1. The fourth-order valence-electron chi connectivity index (χ4n) is 6.22. The molecule has 6 rings (SSSR count). The minimum Gasteiger partial charge on any atom is -0.497 e.